The number of hydrogen-bond donors (Lipinski definition) is 3. The molecular formula is C25H21ClN6O4S. The van der Waals surface area contributed by atoms with Crippen LogP contribution in [0.1, 0.15) is 22.6 Å². The summed E-state index contributed by atoms with van der Waals surface area (Å²) in [4.78, 5) is 36.9. The van der Waals surface area contributed by atoms with E-state index in [-0.39, 0.29) is 12.4 Å². The molecule has 0 saturated carbocycles. The van der Waals surface area contributed by atoms with Crippen molar-refractivity contribution in [1.82, 2.24) is 30.5 Å². The van der Waals surface area contributed by atoms with Crippen LogP contribution in [0.2, 0.25) is 5.02 Å². The summed E-state index contributed by atoms with van der Waals surface area (Å²) in [5, 5.41) is 11.9. The van der Waals surface area contributed by atoms with Crippen molar-refractivity contribution in [2.45, 2.75) is 13.0 Å². The molecular weight excluding hydrogens is 516 g/mol. The highest BCUT2D eigenvalue weighted by atomic mass is 35.5. The highest BCUT2D eigenvalue weighted by molar-refractivity contribution is 7.17. The number of nitrogens with one attached hydrogen (secondary N) is 3. The summed E-state index contributed by atoms with van der Waals surface area (Å²) >= 11 is 7.60. The van der Waals surface area contributed by atoms with Gasteiger partial charge in [-0.2, -0.15) is 10.1 Å². The molecule has 188 valence electrons. The first kappa shape index (κ1) is 24.5. The van der Waals surface area contributed by atoms with Gasteiger partial charge in [0.25, 0.3) is 11.5 Å². The van der Waals surface area contributed by atoms with Crippen molar-refractivity contribution in [1.29, 1.82) is 0 Å². The molecule has 5 rings (SSSR count). The smallest absolute Gasteiger partial charge is 0.312 e. The van der Waals surface area contributed by atoms with Crippen LogP contribution >= 0.6 is 22.9 Å². The average Bonchev–Trinajstić information content (AvgIpc) is 3.58. The lowest BCUT2D eigenvalue weighted by Crippen LogP contribution is -2.27. The zero-order valence-corrected chi connectivity index (χ0v) is 20.9. The van der Waals surface area contributed by atoms with Crippen LogP contribution in [-0.4, -0.2) is 44.3 Å². The van der Waals surface area contributed by atoms with Crippen LogP contribution in [0.15, 0.2) is 65.0 Å². The molecule has 10 nitrogen and oxygen atoms in total. The number of aromatic amines is 2. The molecule has 2 aromatic carbocycles. The molecule has 3 N–H and O–H groups in total. The lowest BCUT2D eigenvalue weighted by Gasteiger charge is -2.09. The predicted octanol–water partition coefficient (Wildman–Crippen LogP) is 4.20. The Kier molecular flexibility index (Phi) is 7.43. The molecule has 3 aromatic heterocycles. The van der Waals surface area contributed by atoms with Crippen LogP contribution in [0, 0.1) is 0 Å². The molecule has 0 atom stereocenters. The molecule has 0 aliphatic heterocycles. The van der Waals surface area contributed by atoms with E-state index in [9.17, 15) is 9.59 Å². The fourth-order valence-electron chi connectivity index (χ4n) is 3.63. The highest BCUT2D eigenvalue weighted by Gasteiger charge is 2.17. The van der Waals surface area contributed by atoms with Gasteiger partial charge in [0.2, 0.25) is 5.82 Å². The van der Waals surface area contributed by atoms with Crippen LogP contribution in [-0.2, 0) is 6.54 Å². The Morgan fingerprint density at radius 2 is 1.95 bits per heavy atom. The number of fused-ring (bicyclic) bond motifs is 1. The second kappa shape index (κ2) is 11.2. The topological polar surface area (TPSA) is 135 Å². The van der Waals surface area contributed by atoms with Crippen LogP contribution in [0.4, 0.5) is 0 Å². The number of hydrogen-bond acceptors (Lipinski definition) is 8. The zero-order valence-electron chi connectivity index (χ0n) is 19.4. The molecule has 0 aliphatic carbocycles. The Balaban J connectivity index is 1.19. The second-order valence-corrected chi connectivity index (χ2v) is 9.16. The highest BCUT2D eigenvalue weighted by Crippen LogP contribution is 2.34. The predicted molar refractivity (Wildman–Crippen MR) is 140 cm³/mol. The number of ether oxygens (including phenoxy) is 2. The number of benzene rings is 2. The average molecular weight is 537 g/mol. The third-order valence-electron chi connectivity index (χ3n) is 5.36. The maximum absolute atomic E-state index is 12.9. The van der Waals surface area contributed by atoms with Crippen molar-refractivity contribution in [3.8, 4) is 22.9 Å². The fourth-order valence-corrected chi connectivity index (χ4v) is 4.80. The number of H-pyrrole nitrogens is 2. The van der Waals surface area contributed by atoms with E-state index in [1.165, 1.54) is 17.7 Å². The van der Waals surface area contributed by atoms with Gasteiger partial charge in [-0.3, -0.25) is 9.59 Å². The van der Waals surface area contributed by atoms with Gasteiger partial charge in [0.15, 0.2) is 0 Å². The number of halogens is 1. The van der Waals surface area contributed by atoms with E-state index in [4.69, 9.17) is 21.1 Å². The van der Waals surface area contributed by atoms with Crippen LogP contribution in [0.25, 0.3) is 21.3 Å². The Morgan fingerprint density at radius 1 is 1.08 bits per heavy atom. The Morgan fingerprint density at radius 3 is 2.78 bits per heavy atom. The van der Waals surface area contributed by atoms with Crippen LogP contribution in [0.5, 0.6) is 11.8 Å². The van der Waals surface area contributed by atoms with E-state index < -0.39 is 11.5 Å². The van der Waals surface area contributed by atoms with Crippen molar-refractivity contribution in [3.05, 3.63) is 87.0 Å². The third-order valence-corrected chi connectivity index (χ3v) is 6.57. The molecule has 0 radical (unpaired) electrons. The molecule has 0 unspecified atom stereocenters. The molecule has 0 aliphatic rings. The van der Waals surface area contributed by atoms with Crippen molar-refractivity contribution < 1.29 is 14.3 Å². The van der Waals surface area contributed by atoms with E-state index in [1.807, 2.05) is 47.8 Å². The van der Waals surface area contributed by atoms with Crippen molar-refractivity contribution in [3.63, 3.8) is 0 Å². The van der Waals surface area contributed by atoms with Crippen LogP contribution < -0.4 is 20.3 Å². The molecule has 1 amide bonds. The largest absolute Gasteiger partial charge is 0.493 e. The number of amides is 1. The Labute approximate surface area is 219 Å². The zero-order chi connectivity index (χ0) is 25.6. The van der Waals surface area contributed by atoms with Gasteiger partial charge in [0.05, 0.1) is 18.6 Å². The molecule has 0 fully saturated rings. The summed E-state index contributed by atoms with van der Waals surface area (Å²) in [5.74, 6) is 0.136. The van der Waals surface area contributed by atoms with Gasteiger partial charge in [-0.25, -0.2) is 10.1 Å². The Hall–Kier alpha value is -4.22. The SMILES string of the molecule is O=C(NCc1cccc(OCCCOc2ncn[nH]2)c1)c1nc2scc(-c3ccccc3Cl)c2c(=O)[nH]1. The second-order valence-electron chi connectivity index (χ2n) is 7.90. The van der Waals surface area contributed by atoms with Gasteiger partial charge >= 0.3 is 6.01 Å². The van der Waals surface area contributed by atoms with Crippen LogP contribution in [0.3, 0.4) is 0 Å². The van der Waals surface area contributed by atoms with Crippen molar-refractivity contribution >= 4 is 39.1 Å². The van der Waals surface area contributed by atoms with E-state index in [0.29, 0.717) is 52.2 Å². The lowest BCUT2D eigenvalue weighted by atomic mass is 10.1. The first-order chi connectivity index (χ1) is 18.1. The summed E-state index contributed by atoms with van der Waals surface area (Å²) in [7, 11) is 0. The summed E-state index contributed by atoms with van der Waals surface area (Å²) in [6.45, 7) is 1.12. The number of nitrogens with zero attached hydrogens (tertiary/aromatic N) is 3. The summed E-state index contributed by atoms with van der Waals surface area (Å²) in [6, 6.07) is 15.0. The molecule has 0 spiro atoms. The first-order valence-corrected chi connectivity index (χ1v) is 12.6. The molecule has 37 heavy (non-hydrogen) atoms. The molecule has 0 bridgehead atoms. The molecule has 0 saturated heterocycles. The lowest BCUT2D eigenvalue weighted by molar-refractivity contribution is 0.0940. The van der Waals surface area contributed by atoms with Gasteiger partial charge in [-0.15, -0.1) is 11.3 Å². The molecule has 12 heteroatoms. The van der Waals surface area contributed by atoms with E-state index in [2.05, 4.69) is 30.5 Å². The summed E-state index contributed by atoms with van der Waals surface area (Å²) in [6.07, 6.45) is 2.03. The number of aromatic nitrogens is 5. The number of carbonyl (C=O) groups is 1. The number of carbonyl (C=O) groups excluding carboxylic acids is 1. The van der Waals surface area contributed by atoms with Crippen molar-refractivity contribution in [2.24, 2.45) is 0 Å². The number of thiophene rings is 1. The minimum absolute atomic E-state index is 0.0516. The third kappa shape index (κ3) is 5.79. The first-order valence-electron chi connectivity index (χ1n) is 11.3. The van der Waals surface area contributed by atoms with E-state index in [1.54, 1.807) is 6.07 Å². The maximum atomic E-state index is 12.9. The standard InChI is InChI=1S/C25H21ClN6O4S/c26-19-8-2-1-7-17(19)18-13-37-24-20(18)22(33)30-21(31-24)23(34)27-12-15-5-3-6-16(11-15)35-9-4-10-36-25-28-14-29-32-25/h1-3,5-8,11,13-14H,4,9-10,12H2,(H,27,34)(H,28,29,32)(H,30,31,33). The fraction of sp³-hybridized carbons (Fsp3) is 0.160. The van der Waals surface area contributed by atoms with Gasteiger partial charge < -0.3 is 19.8 Å². The summed E-state index contributed by atoms with van der Waals surface area (Å²) < 4.78 is 11.1. The molecule has 3 heterocycles. The van der Waals surface area contributed by atoms with E-state index in [0.717, 1.165) is 11.1 Å². The van der Waals surface area contributed by atoms with Gasteiger partial charge in [0.1, 0.15) is 16.9 Å². The quantitative estimate of drug-likeness (QED) is 0.228. The van der Waals surface area contributed by atoms with Gasteiger partial charge in [-0.05, 0) is 23.8 Å². The van der Waals surface area contributed by atoms with Gasteiger partial charge in [0, 0.05) is 34.5 Å². The maximum Gasteiger partial charge on any atom is 0.312 e. The van der Waals surface area contributed by atoms with Crippen molar-refractivity contribution in [2.75, 3.05) is 13.2 Å². The molecule has 5 aromatic rings. The Bertz CT molecular complexity index is 1580. The van der Waals surface area contributed by atoms with Gasteiger partial charge in [-0.1, -0.05) is 41.9 Å². The minimum atomic E-state index is -0.484. The normalized spacial score (nSPS) is 10.9. The van der Waals surface area contributed by atoms with E-state index >= 15 is 0 Å². The monoisotopic (exact) mass is 536 g/mol. The number of rotatable bonds is 10. The minimum Gasteiger partial charge on any atom is -0.493 e. The summed E-state index contributed by atoms with van der Waals surface area (Å²) in [5.41, 5.74) is 1.87.